The molecular weight excluding hydrogens is 420 g/mol. The fourth-order valence-electron chi connectivity index (χ4n) is 3.36. The number of nitrogens with one attached hydrogen (secondary N) is 1. The Morgan fingerprint density at radius 1 is 0.818 bits per heavy atom. The van der Waals surface area contributed by atoms with E-state index in [-0.39, 0.29) is 5.91 Å². The van der Waals surface area contributed by atoms with Gasteiger partial charge in [-0.15, -0.1) is 0 Å². The van der Waals surface area contributed by atoms with Crippen LogP contribution in [0.1, 0.15) is 43.6 Å². The van der Waals surface area contributed by atoms with Gasteiger partial charge in [0.25, 0.3) is 5.91 Å². The third kappa shape index (κ3) is 5.74. The summed E-state index contributed by atoms with van der Waals surface area (Å²) >= 11 is 0. The van der Waals surface area contributed by atoms with E-state index >= 15 is 0 Å². The fourth-order valence-corrected chi connectivity index (χ4v) is 3.36. The lowest BCUT2D eigenvalue weighted by Crippen LogP contribution is -2.20. The third-order valence-electron chi connectivity index (χ3n) is 4.96. The highest BCUT2D eigenvalue weighted by molar-refractivity contribution is 6.03. The Morgan fingerprint density at radius 2 is 1.42 bits per heavy atom. The lowest BCUT2D eigenvalue weighted by molar-refractivity contribution is 0.0953. The van der Waals surface area contributed by atoms with Gasteiger partial charge in [-0.05, 0) is 74.4 Å². The Hall–Kier alpha value is -3.74. The van der Waals surface area contributed by atoms with Crippen LogP contribution in [0.15, 0.2) is 53.6 Å². The van der Waals surface area contributed by atoms with Crippen LogP contribution in [0.3, 0.4) is 0 Å². The molecule has 0 aliphatic heterocycles. The highest BCUT2D eigenvalue weighted by atomic mass is 16.5. The van der Waals surface area contributed by atoms with Gasteiger partial charge in [0.1, 0.15) is 5.75 Å². The van der Waals surface area contributed by atoms with Crippen LogP contribution in [-0.2, 0) is 0 Å². The van der Waals surface area contributed by atoms with Gasteiger partial charge in [0, 0.05) is 5.56 Å². The van der Waals surface area contributed by atoms with Crippen LogP contribution in [0, 0.1) is 0 Å². The SMILES string of the molecule is CCOc1cc(C(=O)N/N=C(\C)c2ccc3cc(OC)ccc3c2)cc(OCC)c1OCC. The number of nitrogens with zero attached hydrogens (tertiary/aromatic N) is 1. The maximum atomic E-state index is 12.9. The molecule has 3 aromatic rings. The number of ether oxygens (including phenoxy) is 4. The van der Waals surface area contributed by atoms with Gasteiger partial charge in [-0.1, -0.05) is 18.2 Å². The fraction of sp³-hybridized carbons (Fsp3) is 0.308. The number of hydrogen-bond acceptors (Lipinski definition) is 6. The molecule has 7 heteroatoms. The van der Waals surface area contributed by atoms with Gasteiger partial charge >= 0.3 is 0 Å². The molecule has 1 N–H and O–H groups in total. The highest BCUT2D eigenvalue weighted by Gasteiger charge is 2.18. The Balaban J connectivity index is 1.84. The topological polar surface area (TPSA) is 78.4 Å². The van der Waals surface area contributed by atoms with Crippen LogP contribution >= 0.6 is 0 Å². The minimum absolute atomic E-state index is 0.368. The third-order valence-corrected chi connectivity index (χ3v) is 4.96. The van der Waals surface area contributed by atoms with Crippen LogP contribution in [0.4, 0.5) is 0 Å². The molecule has 0 aromatic heterocycles. The minimum atomic E-state index is -0.371. The van der Waals surface area contributed by atoms with Crippen molar-refractivity contribution in [1.82, 2.24) is 5.43 Å². The summed E-state index contributed by atoms with van der Waals surface area (Å²) < 4.78 is 22.4. The maximum Gasteiger partial charge on any atom is 0.271 e. The van der Waals surface area contributed by atoms with Crippen molar-refractivity contribution in [2.45, 2.75) is 27.7 Å². The number of benzene rings is 3. The summed E-state index contributed by atoms with van der Waals surface area (Å²) in [6.07, 6.45) is 0. The Kier molecular flexibility index (Phi) is 8.13. The van der Waals surface area contributed by atoms with Crippen molar-refractivity contribution in [3.05, 3.63) is 59.7 Å². The van der Waals surface area contributed by atoms with E-state index in [1.54, 1.807) is 19.2 Å². The summed E-state index contributed by atoms with van der Waals surface area (Å²) in [6.45, 7) is 8.79. The van der Waals surface area contributed by atoms with Crippen molar-refractivity contribution in [2.75, 3.05) is 26.9 Å². The lowest BCUT2D eigenvalue weighted by Gasteiger charge is -2.16. The molecule has 0 saturated heterocycles. The van der Waals surface area contributed by atoms with E-state index in [2.05, 4.69) is 10.5 Å². The number of amides is 1. The standard InChI is InChI=1S/C26H30N2O5/c1-6-31-23-15-21(16-24(32-7-2)25(23)33-8-3)26(29)28-27-17(4)18-9-10-20-14-22(30-5)12-11-19(20)13-18/h9-16H,6-8H2,1-5H3,(H,28,29)/b27-17+. The number of carbonyl (C=O) groups is 1. The van der Waals surface area contributed by atoms with Gasteiger partial charge in [-0.3, -0.25) is 4.79 Å². The average Bonchev–Trinajstić information content (AvgIpc) is 2.83. The second-order valence-electron chi connectivity index (χ2n) is 7.17. The van der Waals surface area contributed by atoms with Crippen molar-refractivity contribution in [3.63, 3.8) is 0 Å². The highest BCUT2D eigenvalue weighted by Crippen LogP contribution is 2.39. The van der Waals surface area contributed by atoms with Crippen molar-refractivity contribution in [1.29, 1.82) is 0 Å². The largest absolute Gasteiger partial charge is 0.497 e. The van der Waals surface area contributed by atoms with E-state index in [1.807, 2.05) is 64.1 Å². The molecule has 0 aliphatic rings. The molecule has 33 heavy (non-hydrogen) atoms. The summed E-state index contributed by atoms with van der Waals surface area (Å²) in [6, 6.07) is 15.2. The van der Waals surface area contributed by atoms with Gasteiger partial charge in [0.05, 0.1) is 32.6 Å². The number of rotatable bonds is 10. The van der Waals surface area contributed by atoms with Crippen molar-refractivity contribution >= 4 is 22.4 Å². The van der Waals surface area contributed by atoms with Crippen molar-refractivity contribution in [2.24, 2.45) is 5.10 Å². The van der Waals surface area contributed by atoms with Gasteiger partial charge in [-0.25, -0.2) is 5.43 Å². The first-order valence-corrected chi connectivity index (χ1v) is 11.0. The average molecular weight is 451 g/mol. The summed E-state index contributed by atoms with van der Waals surface area (Å²) in [5.41, 5.74) is 4.59. The van der Waals surface area contributed by atoms with Gasteiger partial charge in [-0.2, -0.15) is 5.10 Å². The molecule has 0 radical (unpaired) electrons. The second-order valence-corrected chi connectivity index (χ2v) is 7.17. The molecule has 3 aromatic carbocycles. The first-order valence-electron chi connectivity index (χ1n) is 11.0. The van der Waals surface area contributed by atoms with Gasteiger partial charge < -0.3 is 18.9 Å². The Morgan fingerprint density at radius 3 is 2.03 bits per heavy atom. The number of methoxy groups -OCH3 is 1. The first kappa shape index (κ1) is 23.9. The summed E-state index contributed by atoms with van der Waals surface area (Å²) in [4.78, 5) is 12.9. The zero-order valence-electron chi connectivity index (χ0n) is 19.7. The summed E-state index contributed by atoms with van der Waals surface area (Å²) in [5, 5.41) is 6.43. The van der Waals surface area contributed by atoms with Crippen molar-refractivity contribution < 1.29 is 23.7 Å². The zero-order chi connectivity index (χ0) is 23.8. The van der Waals surface area contributed by atoms with E-state index < -0.39 is 0 Å². The molecule has 0 unspecified atom stereocenters. The molecule has 0 bridgehead atoms. The van der Waals surface area contributed by atoms with Crippen LogP contribution in [0.2, 0.25) is 0 Å². The normalized spacial score (nSPS) is 11.2. The van der Waals surface area contributed by atoms with E-state index in [0.29, 0.717) is 48.3 Å². The van der Waals surface area contributed by atoms with Crippen LogP contribution in [-0.4, -0.2) is 38.5 Å². The molecular formula is C26H30N2O5. The Labute approximate surface area is 194 Å². The number of hydrogen-bond donors (Lipinski definition) is 1. The maximum absolute atomic E-state index is 12.9. The molecule has 0 aliphatic carbocycles. The molecule has 0 spiro atoms. The van der Waals surface area contributed by atoms with Crippen LogP contribution in [0.5, 0.6) is 23.0 Å². The molecule has 3 rings (SSSR count). The lowest BCUT2D eigenvalue weighted by atomic mass is 10.0. The molecule has 0 heterocycles. The minimum Gasteiger partial charge on any atom is -0.497 e. The second kappa shape index (κ2) is 11.2. The summed E-state index contributed by atoms with van der Waals surface area (Å²) in [5.74, 6) is 1.85. The Bertz CT molecular complexity index is 1130. The quantitative estimate of drug-likeness (QED) is 0.339. The van der Waals surface area contributed by atoms with E-state index in [4.69, 9.17) is 18.9 Å². The smallest absolute Gasteiger partial charge is 0.271 e. The molecule has 174 valence electrons. The molecule has 0 atom stereocenters. The predicted molar refractivity (Wildman–Crippen MR) is 130 cm³/mol. The molecule has 7 nitrogen and oxygen atoms in total. The molecule has 1 amide bonds. The predicted octanol–water partition coefficient (Wildman–Crippen LogP) is 5.20. The molecule has 0 saturated carbocycles. The van der Waals surface area contributed by atoms with E-state index in [1.165, 1.54) is 0 Å². The number of fused-ring (bicyclic) bond motifs is 1. The first-order chi connectivity index (χ1) is 16.0. The van der Waals surface area contributed by atoms with Gasteiger partial charge in [0.2, 0.25) is 5.75 Å². The number of carbonyl (C=O) groups excluding carboxylic acids is 1. The van der Waals surface area contributed by atoms with Crippen molar-refractivity contribution in [3.8, 4) is 23.0 Å². The van der Waals surface area contributed by atoms with E-state index in [9.17, 15) is 4.79 Å². The van der Waals surface area contributed by atoms with E-state index in [0.717, 1.165) is 22.1 Å². The molecule has 0 fully saturated rings. The number of hydrazone groups is 1. The van der Waals surface area contributed by atoms with Gasteiger partial charge in [0.15, 0.2) is 11.5 Å². The van der Waals surface area contributed by atoms with Crippen LogP contribution < -0.4 is 24.4 Å². The summed E-state index contributed by atoms with van der Waals surface area (Å²) in [7, 11) is 1.65. The van der Waals surface area contributed by atoms with Crippen LogP contribution in [0.25, 0.3) is 10.8 Å². The zero-order valence-corrected chi connectivity index (χ0v) is 19.7. The monoisotopic (exact) mass is 450 g/mol.